The third-order valence-corrected chi connectivity index (χ3v) is 2.51. The van der Waals surface area contributed by atoms with Gasteiger partial charge >= 0.3 is 0 Å². The first-order valence-electron chi connectivity index (χ1n) is 5.23. The van der Waals surface area contributed by atoms with E-state index in [4.69, 9.17) is 22.0 Å². The summed E-state index contributed by atoms with van der Waals surface area (Å²) in [7, 11) is 0. The minimum absolute atomic E-state index is 0.0518. The quantitative estimate of drug-likeness (QED) is 0.865. The number of halogens is 1. The van der Waals surface area contributed by atoms with Crippen LogP contribution in [-0.4, -0.2) is 33.3 Å². The topological polar surface area (TPSA) is 86.8 Å². The standard InChI is InChI=1S/C11H10ClN5O/c12-8-3-1-2-4-10(8)17-15-9(7-13)11(16-17)14-5-6-18/h1-4,18H,5-6H2,(H,14,16). The van der Waals surface area contributed by atoms with Crippen molar-refractivity contribution in [3.05, 3.63) is 35.0 Å². The predicted octanol–water partition coefficient (Wildman–Crippen LogP) is 1.20. The van der Waals surface area contributed by atoms with Crippen LogP contribution in [0.25, 0.3) is 5.69 Å². The average Bonchev–Trinajstić information content (AvgIpc) is 2.80. The zero-order valence-electron chi connectivity index (χ0n) is 9.34. The fourth-order valence-electron chi connectivity index (χ4n) is 1.40. The molecule has 0 aliphatic heterocycles. The Morgan fingerprint density at radius 1 is 1.39 bits per heavy atom. The first-order valence-corrected chi connectivity index (χ1v) is 5.61. The van der Waals surface area contributed by atoms with Crippen LogP contribution in [0, 0.1) is 11.3 Å². The molecule has 1 heterocycles. The van der Waals surface area contributed by atoms with Crippen molar-refractivity contribution in [3.8, 4) is 11.8 Å². The van der Waals surface area contributed by atoms with Gasteiger partial charge in [0, 0.05) is 6.54 Å². The van der Waals surface area contributed by atoms with Gasteiger partial charge in [0.15, 0.2) is 5.82 Å². The third-order valence-electron chi connectivity index (χ3n) is 2.19. The number of hydrogen-bond donors (Lipinski definition) is 2. The van der Waals surface area contributed by atoms with E-state index in [0.717, 1.165) is 0 Å². The molecule has 2 rings (SSSR count). The number of hydrogen-bond acceptors (Lipinski definition) is 5. The number of nitrogens with zero attached hydrogens (tertiary/aromatic N) is 4. The van der Waals surface area contributed by atoms with Crippen molar-refractivity contribution < 1.29 is 5.11 Å². The zero-order valence-corrected chi connectivity index (χ0v) is 10.1. The molecule has 0 saturated carbocycles. The Bertz CT molecular complexity index is 589. The molecule has 0 atom stereocenters. The summed E-state index contributed by atoms with van der Waals surface area (Å²) in [5.41, 5.74) is 0.746. The Kier molecular flexibility index (Phi) is 3.77. The Hall–Kier alpha value is -2.10. The molecular weight excluding hydrogens is 254 g/mol. The van der Waals surface area contributed by atoms with Crippen LogP contribution in [0.1, 0.15) is 5.69 Å². The second-order valence-corrected chi connectivity index (χ2v) is 3.81. The molecule has 6 nitrogen and oxygen atoms in total. The number of para-hydroxylation sites is 1. The van der Waals surface area contributed by atoms with Crippen molar-refractivity contribution in [3.63, 3.8) is 0 Å². The number of aliphatic hydroxyl groups excluding tert-OH is 1. The molecule has 0 aliphatic rings. The molecule has 2 N–H and O–H groups in total. The van der Waals surface area contributed by atoms with E-state index in [2.05, 4.69) is 15.5 Å². The molecule has 0 radical (unpaired) electrons. The van der Waals surface area contributed by atoms with E-state index in [1.165, 1.54) is 4.80 Å². The number of anilines is 1. The van der Waals surface area contributed by atoms with E-state index < -0.39 is 0 Å². The van der Waals surface area contributed by atoms with E-state index in [1.54, 1.807) is 24.3 Å². The first-order chi connectivity index (χ1) is 8.76. The van der Waals surface area contributed by atoms with Crippen LogP contribution in [0.2, 0.25) is 5.02 Å². The SMILES string of the molecule is N#Cc1nn(-c2ccccc2Cl)nc1NCCO. The monoisotopic (exact) mass is 263 g/mol. The average molecular weight is 264 g/mol. The second kappa shape index (κ2) is 5.49. The summed E-state index contributed by atoms with van der Waals surface area (Å²) in [6, 6.07) is 9.00. The van der Waals surface area contributed by atoms with Crippen LogP contribution in [0.5, 0.6) is 0 Å². The van der Waals surface area contributed by atoms with Crippen LogP contribution in [0.4, 0.5) is 5.82 Å². The molecule has 1 aromatic carbocycles. The summed E-state index contributed by atoms with van der Waals surface area (Å²) in [6.45, 7) is 0.250. The maximum Gasteiger partial charge on any atom is 0.207 e. The van der Waals surface area contributed by atoms with Crippen molar-refractivity contribution in [2.24, 2.45) is 0 Å². The Morgan fingerprint density at radius 3 is 2.83 bits per heavy atom. The molecule has 0 spiro atoms. The molecule has 0 fully saturated rings. The summed E-state index contributed by atoms with van der Waals surface area (Å²) in [6.07, 6.45) is 0. The highest BCUT2D eigenvalue weighted by Crippen LogP contribution is 2.20. The molecule has 7 heteroatoms. The number of rotatable bonds is 4. The molecule has 0 bridgehead atoms. The summed E-state index contributed by atoms with van der Waals surface area (Å²) in [5, 5.41) is 29.1. The van der Waals surface area contributed by atoms with Crippen molar-refractivity contribution in [2.45, 2.75) is 0 Å². The van der Waals surface area contributed by atoms with Gasteiger partial charge in [-0.1, -0.05) is 23.7 Å². The zero-order chi connectivity index (χ0) is 13.0. The highest BCUT2D eigenvalue weighted by molar-refractivity contribution is 6.32. The fourth-order valence-corrected chi connectivity index (χ4v) is 1.61. The molecule has 0 unspecified atom stereocenters. The van der Waals surface area contributed by atoms with Crippen LogP contribution >= 0.6 is 11.6 Å². The largest absolute Gasteiger partial charge is 0.395 e. The van der Waals surface area contributed by atoms with Crippen molar-refractivity contribution in [1.82, 2.24) is 15.0 Å². The summed E-state index contributed by atoms with van der Waals surface area (Å²) < 4.78 is 0. The summed E-state index contributed by atoms with van der Waals surface area (Å²) >= 11 is 6.02. The van der Waals surface area contributed by atoms with E-state index in [0.29, 0.717) is 23.1 Å². The fraction of sp³-hybridized carbons (Fsp3) is 0.182. The maximum atomic E-state index is 8.95. The smallest absolute Gasteiger partial charge is 0.207 e. The third kappa shape index (κ3) is 2.42. The van der Waals surface area contributed by atoms with Gasteiger partial charge in [-0.15, -0.1) is 15.0 Å². The lowest BCUT2D eigenvalue weighted by atomic mass is 10.3. The van der Waals surface area contributed by atoms with Crippen LogP contribution in [0.15, 0.2) is 24.3 Å². The van der Waals surface area contributed by atoms with Gasteiger partial charge in [-0.05, 0) is 12.1 Å². The van der Waals surface area contributed by atoms with Gasteiger partial charge in [0.1, 0.15) is 11.8 Å². The van der Waals surface area contributed by atoms with Crippen molar-refractivity contribution >= 4 is 17.4 Å². The Morgan fingerprint density at radius 2 is 2.17 bits per heavy atom. The van der Waals surface area contributed by atoms with E-state index in [-0.39, 0.29) is 12.3 Å². The van der Waals surface area contributed by atoms with Crippen LogP contribution in [0.3, 0.4) is 0 Å². The van der Waals surface area contributed by atoms with Gasteiger partial charge in [0.2, 0.25) is 5.69 Å². The van der Waals surface area contributed by atoms with Gasteiger partial charge in [0.05, 0.1) is 11.6 Å². The number of aliphatic hydroxyl groups is 1. The highest BCUT2D eigenvalue weighted by atomic mass is 35.5. The number of nitriles is 1. The van der Waals surface area contributed by atoms with Gasteiger partial charge in [-0.3, -0.25) is 0 Å². The summed E-state index contributed by atoms with van der Waals surface area (Å²) in [5.74, 6) is 0.325. The maximum absolute atomic E-state index is 8.95. The van der Waals surface area contributed by atoms with Gasteiger partial charge in [-0.2, -0.15) is 5.26 Å². The lowest BCUT2D eigenvalue weighted by Gasteiger charge is -2.01. The molecule has 0 aliphatic carbocycles. The number of nitrogens with one attached hydrogen (secondary N) is 1. The summed E-state index contributed by atoms with van der Waals surface area (Å²) in [4.78, 5) is 1.29. The molecule has 0 amide bonds. The molecule has 0 saturated heterocycles. The minimum atomic E-state index is -0.0518. The molecule has 92 valence electrons. The van der Waals surface area contributed by atoms with Crippen LogP contribution in [-0.2, 0) is 0 Å². The van der Waals surface area contributed by atoms with Gasteiger partial charge < -0.3 is 10.4 Å². The number of aromatic nitrogens is 3. The molecule has 1 aromatic heterocycles. The predicted molar refractivity (Wildman–Crippen MR) is 66.7 cm³/mol. The van der Waals surface area contributed by atoms with E-state index in [9.17, 15) is 0 Å². The lowest BCUT2D eigenvalue weighted by molar-refractivity contribution is 0.311. The normalized spacial score (nSPS) is 10.1. The second-order valence-electron chi connectivity index (χ2n) is 3.40. The van der Waals surface area contributed by atoms with E-state index in [1.807, 2.05) is 6.07 Å². The molecule has 18 heavy (non-hydrogen) atoms. The van der Waals surface area contributed by atoms with E-state index >= 15 is 0 Å². The highest BCUT2D eigenvalue weighted by Gasteiger charge is 2.12. The Balaban J connectivity index is 2.39. The van der Waals surface area contributed by atoms with Crippen molar-refractivity contribution in [1.29, 1.82) is 5.26 Å². The molecule has 2 aromatic rings. The van der Waals surface area contributed by atoms with Gasteiger partial charge in [-0.25, -0.2) is 0 Å². The minimum Gasteiger partial charge on any atom is -0.395 e. The lowest BCUT2D eigenvalue weighted by Crippen LogP contribution is -2.07. The van der Waals surface area contributed by atoms with Crippen LogP contribution < -0.4 is 5.32 Å². The first kappa shape index (κ1) is 12.4. The van der Waals surface area contributed by atoms with Crippen molar-refractivity contribution in [2.75, 3.05) is 18.5 Å². The number of benzene rings is 1. The Labute approximate surface area is 108 Å². The van der Waals surface area contributed by atoms with Gasteiger partial charge in [0.25, 0.3) is 0 Å². The molecular formula is C11H10ClN5O.